The summed E-state index contributed by atoms with van der Waals surface area (Å²) in [5, 5.41) is 3.33. The van der Waals surface area contributed by atoms with Crippen molar-refractivity contribution in [3.8, 4) is 0 Å². The monoisotopic (exact) mass is 148 g/mol. The van der Waals surface area contributed by atoms with Crippen LogP contribution in [-0.4, -0.2) is 18.8 Å². The van der Waals surface area contributed by atoms with Crippen molar-refractivity contribution in [1.29, 1.82) is 0 Å². The maximum atomic E-state index is 4.45. The van der Waals surface area contributed by atoms with Gasteiger partial charge in [-0.25, -0.2) is 0 Å². The second kappa shape index (κ2) is 2.22. The van der Waals surface area contributed by atoms with Crippen LogP contribution in [0.5, 0.6) is 0 Å². The summed E-state index contributed by atoms with van der Waals surface area (Å²) in [5.74, 6) is 0. The topological polar surface area (TPSA) is 24.4 Å². The van der Waals surface area contributed by atoms with Gasteiger partial charge in [0, 0.05) is 6.54 Å². The second-order valence-electron chi connectivity index (χ2n) is 3.02. The number of rotatable bonds is 0. The second-order valence-corrected chi connectivity index (χ2v) is 3.02. The fourth-order valence-corrected chi connectivity index (χ4v) is 1.48. The molecular formula is C9H12N2. The van der Waals surface area contributed by atoms with E-state index in [0.717, 1.165) is 13.1 Å². The first-order chi connectivity index (χ1) is 5.29. The molecule has 0 amide bonds. The molecule has 0 bridgehead atoms. The molecule has 0 unspecified atom stereocenters. The lowest BCUT2D eigenvalue weighted by molar-refractivity contribution is 0.797. The van der Waals surface area contributed by atoms with Crippen LogP contribution in [0.15, 0.2) is 27.9 Å². The Kier molecular flexibility index (Phi) is 1.34. The van der Waals surface area contributed by atoms with Gasteiger partial charge in [-0.05, 0) is 31.1 Å². The van der Waals surface area contributed by atoms with Gasteiger partial charge < -0.3 is 5.32 Å². The van der Waals surface area contributed by atoms with Gasteiger partial charge in [0.2, 0.25) is 0 Å². The Morgan fingerprint density at radius 3 is 3.00 bits per heavy atom. The van der Waals surface area contributed by atoms with E-state index in [2.05, 4.69) is 30.2 Å². The minimum Gasteiger partial charge on any atom is -0.381 e. The van der Waals surface area contributed by atoms with Crippen LogP contribution in [0, 0.1) is 0 Å². The molecule has 2 rings (SSSR count). The number of aliphatic imine (C=N–C) groups is 1. The van der Waals surface area contributed by atoms with Crippen LogP contribution in [0.25, 0.3) is 0 Å². The van der Waals surface area contributed by atoms with Gasteiger partial charge in [-0.3, -0.25) is 4.99 Å². The average molecular weight is 148 g/mol. The van der Waals surface area contributed by atoms with Crippen LogP contribution in [0.4, 0.5) is 0 Å². The maximum absolute atomic E-state index is 4.45. The van der Waals surface area contributed by atoms with Crippen molar-refractivity contribution in [3.63, 3.8) is 0 Å². The summed E-state index contributed by atoms with van der Waals surface area (Å²) < 4.78 is 0. The predicted molar refractivity (Wildman–Crippen MR) is 46.8 cm³/mol. The summed E-state index contributed by atoms with van der Waals surface area (Å²) in [4.78, 5) is 4.45. The largest absolute Gasteiger partial charge is 0.381 e. The van der Waals surface area contributed by atoms with Crippen molar-refractivity contribution >= 4 is 5.71 Å². The Hall–Kier alpha value is -1.05. The van der Waals surface area contributed by atoms with Gasteiger partial charge in [-0.15, -0.1) is 0 Å². The SMILES string of the molecule is CC1=C(C)C2=NCCNC2=C1. The first kappa shape index (κ1) is 6.65. The molecule has 1 N–H and O–H groups in total. The molecule has 0 saturated heterocycles. The fourth-order valence-electron chi connectivity index (χ4n) is 1.48. The Bertz CT molecular complexity index is 278. The standard InChI is InChI=1S/C9H12N2/c1-6-5-8-9(7(6)2)11-4-3-10-8/h5,10H,3-4H2,1-2H3. The first-order valence-electron chi connectivity index (χ1n) is 3.97. The average Bonchev–Trinajstić information content (AvgIpc) is 2.30. The third-order valence-electron chi connectivity index (χ3n) is 2.26. The zero-order valence-electron chi connectivity index (χ0n) is 6.94. The highest BCUT2D eigenvalue weighted by atomic mass is 15.0. The minimum absolute atomic E-state index is 0.914. The van der Waals surface area contributed by atoms with Gasteiger partial charge in [-0.2, -0.15) is 0 Å². The summed E-state index contributed by atoms with van der Waals surface area (Å²) in [7, 11) is 0. The van der Waals surface area contributed by atoms with Crippen molar-refractivity contribution in [1.82, 2.24) is 5.32 Å². The molecule has 11 heavy (non-hydrogen) atoms. The number of allylic oxidation sites excluding steroid dienone is 3. The minimum atomic E-state index is 0.914. The Morgan fingerprint density at radius 1 is 1.45 bits per heavy atom. The molecule has 0 aromatic rings. The molecule has 0 atom stereocenters. The molecule has 58 valence electrons. The van der Waals surface area contributed by atoms with Gasteiger partial charge in [-0.1, -0.05) is 0 Å². The van der Waals surface area contributed by atoms with E-state index >= 15 is 0 Å². The Morgan fingerprint density at radius 2 is 2.27 bits per heavy atom. The molecular weight excluding hydrogens is 136 g/mol. The molecule has 0 saturated carbocycles. The van der Waals surface area contributed by atoms with Gasteiger partial charge in [0.1, 0.15) is 0 Å². The van der Waals surface area contributed by atoms with Crippen LogP contribution in [0.3, 0.4) is 0 Å². The number of hydrogen-bond acceptors (Lipinski definition) is 2. The summed E-state index contributed by atoms with van der Waals surface area (Å²) in [5.41, 5.74) is 5.06. The zero-order chi connectivity index (χ0) is 7.84. The highest BCUT2D eigenvalue weighted by Gasteiger charge is 2.19. The predicted octanol–water partition coefficient (Wildman–Crippen LogP) is 1.26. The van der Waals surface area contributed by atoms with Gasteiger partial charge in [0.05, 0.1) is 18.0 Å². The lowest BCUT2D eigenvalue weighted by Crippen LogP contribution is -2.27. The van der Waals surface area contributed by atoms with Crippen molar-refractivity contribution in [3.05, 3.63) is 22.9 Å². The van der Waals surface area contributed by atoms with Crippen LogP contribution in [0.1, 0.15) is 13.8 Å². The molecule has 0 radical (unpaired) electrons. The number of hydrogen-bond donors (Lipinski definition) is 1. The van der Waals surface area contributed by atoms with Crippen molar-refractivity contribution in [2.45, 2.75) is 13.8 Å². The van der Waals surface area contributed by atoms with Crippen LogP contribution >= 0.6 is 0 Å². The molecule has 0 aromatic carbocycles. The van der Waals surface area contributed by atoms with Crippen molar-refractivity contribution in [2.24, 2.45) is 4.99 Å². The van der Waals surface area contributed by atoms with E-state index in [-0.39, 0.29) is 0 Å². The number of fused-ring (bicyclic) bond motifs is 1. The smallest absolute Gasteiger partial charge is 0.0838 e. The molecule has 2 nitrogen and oxygen atoms in total. The molecule has 1 aliphatic heterocycles. The summed E-state index contributed by atoms with van der Waals surface area (Å²) in [6, 6.07) is 0. The fraction of sp³-hybridized carbons (Fsp3) is 0.444. The molecule has 0 fully saturated rings. The lowest BCUT2D eigenvalue weighted by atomic mass is 10.1. The number of nitrogens with one attached hydrogen (secondary N) is 1. The zero-order valence-corrected chi connectivity index (χ0v) is 6.94. The Labute approximate surface area is 66.7 Å². The molecule has 1 aliphatic carbocycles. The molecule has 0 spiro atoms. The highest BCUT2D eigenvalue weighted by molar-refractivity contribution is 6.15. The highest BCUT2D eigenvalue weighted by Crippen LogP contribution is 2.21. The van der Waals surface area contributed by atoms with E-state index in [1.165, 1.54) is 22.6 Å². The van der Waals surface area contributed by atoms with Gasteiger partial charge in [0.25, 0.3) is 0 Å². The summed E-state index contributed by atoms with van der Waals surface area (Å²) >= 11 is 0. The quantitative estimate of drug-likeness (QED) is 0.549. The normalized spacial score (nSPS) is 22.4. The third-order valence-corrected chi connectivity index (χ3v) is 2.26. The molecule has 0 aromatic heterocycles. The third kappa shape index (κ3) is 0.897. The van der Waals surface area contributed by atoms with Gasteiger partial charge >= 0.3 is 0 Å². The van der Waals surface area contributed by atoms with E-state index < -0.39 is 0 Å². The van der Waals surface area contributed by atoms with E-state index in [9.17, 15) is 0 Å². The van der Waals surface area contributed by atoms with Crippen LogP contribution < -0.4 is 5.32 Å². The van der Waals surface area contributed by atoms with Crippen molar-refractivity contribution < 1.29 is 0 Å². The Balaban J connectivity index is 2.45. The van der Waals surface area contributed by atoms with Gasteiger partial charge in [0.15, 0.2) is 0 Å². The van der Waals surface area contributed by atoms with Crippen LogP contribution in [-0.2, 0) is 0 Å². The lowest BCUT2D eigenvalue weighted by Gasteiger charge is -2.14. The first-order valence-corrected chi connectivity index (χ1v) is 3.97. The number of nitrogens with zero attached hydrogens (tertiary/aromatic N) is 1. The molecule has 2 aliphatic rings. The van der Waals surface area contributed by atoms with E-state index in [1.807, 2.05) is 0 Å². The van der Waals surface area contributed by atoms with Crippen molar-refractivity contribution in [2.75, 3.05) is 13.1 Å². The van der Waals surface area contributed by atoms with E-state index in [1.54, 1.807) is 0 Å². The molecule has 1 heterocycles. The summed E-state index contributed by atoms with van der Waals surface area (Å²) in [6.07, 6.45) is 2.17. The van der Waals surface area contributed by atoms with E-state index in [0.29, 0.717) is 0 Å². The van der Waals surface area contributed by atoms with E-state index in [4.69, 9.17) is 0 Å². The maximum Gasteiger partial charge on any atom is 0.0838 e. The summed E-state index contributed by atoms with van der Waals surface area (Å²) in [6.45, 7) is 6.16. The van der Waals surface area contributed by atoms with Crippen LogP contribution in [0.2, 0.25) is 0 Å². The molecule has 2 heteroatoms.